The monoisotopic (exact) mass is 394 g/mol. The zero-order valence-corrected chi connectivity index (χ0v) is 15.3. The summed E-state index contributed by atoms with van der Waals surface area (Å²) in [7, 11) is 0. The van der Waals surface area contributed by atoms with Gasteiger partial charge in [-0.25, -0.2) is 0 Å². The summed E-state index contributed by atoms with van der Waals surface area (Å²) in [6.45, 7) is 0. The van der Waals surface area contributed by atoms with Crippen molar-refractivity contribution in [3.05, 3.63) is 108 Å². The molecule has 0 aliphatic carbocycles. The fourth-order valence-corrected chi connectivity index (χ4v) is 3.54. The van der Waals surface area contributed by atoms with Crippen LogP contribution in [-0.2, 0) is 0 Å². The van der Waals surface area contributed by atoms with Gasteiger partial charge in [-0.1, -0.05) is 78.9 Å². The van der Waals surface area contributed by atoms with Crippen molar-refractivity contribution >= 4 is 11.6 Å². The molecule has 0 bridgehead atoms. The Kier molecular flexibility index (Phi) is 4.92. The second-order valence-corrected chi connectivity index (χ2v) is 6.69. The number of halogens is 3. The maximum Gasteiger partial charge on any atom is 0.431 e. The minimum Gasteiger partial charge on any atom is -0.300 e. The molecule has 3 nitrogen and oxygen atoms in total. The third-order valence-electron chi connectivity index (χ3n) is 4.82. The van der Waals surface area contributed by atoms with Gasteiger partial charge >= 0.3 is 6.18 Å². The molecular weight excluding hydrogens is 377 g/mol. The number of rotatable bonds is 3. The lowest BCUT2D eigenvalue weighted by atomic mass is 9.99. The van der Waals surface area contributed by atoms with E-state index >= 15 is 0 Å². The Morgan fingerprint density at radius 1 is 0.759 bits per heavy atom. The second kappa shape index (κ2) is 7.54. The average Bonchev–Trinajstić information content (AvgIpc) is 3.16. The van der Waals surface area contributed by atoms with Crippen molar-refractivity contribution in [2.75, 3.05) is 0 Å². The van der Waals surface area contributed by atoms with Gasteiger partial charge in [0.05, 0.1) is 0 Å². The molecule has 1 aliphatic rings. The molecule has 4 rings (SSSR count). The Hall–Kier alpha value is -3.41. The first-order chi connectivity index (χ1) is 14.0. The molecule has 1 heterocycles. The van der Waals surface area contributed by atoms with Gasteiger partial charge in [-0.05, 0) is 23.3 Å². The number of hydrogen-bond acceptors (Lipinski definition) is 2. The summed E-state index contributed by atoms with van der Waals surface area (Å²) in [6.07, 6.45) is -5.73. The van der Waals surface area contributed by atoms with Gasteiger partial charge in [0.1, 0.15) is 11.8 Å². The summed E-state index contributed by atoms with van der Waals surface area (Å²) >= 11 is 0. The number of amides is 1. The predicted molar refractivity (Wildman–Crippen MR) is 104 cm³/mol. The van der Waals surface area contributed by atoms with Crippen molar-refractivity contribution in [2.45, 2.75) is 18.4 Å². The predicted octanol–water partition coefficient (Wildman–Crippen LogP) is 5.59. The van der Waals surface area contributed by atoms with Gasteiger partial charge in [-0.3, -0.25) is 14.7 Å². The average molecular weight is 394 g/mol. The number of carbonyl (C=O) groups excluding carboxylic acids is 1. The van der Waals surface area contributed by atoms with Gasteiger partial charge in [0.25, 0.3) is 5.91 Å². The summed E-state index contributed by atoms with van der Waals surface area (Å²) in [4.78, 5) is 18.6. The van der Waals surface area contributed by atoms with Crippen LogP contribution >= 0.6 is 0 Å². The first kappa shape index (κ1) is 18.9. The third kappa shape index (κ3) is 3.66. The van der Waals surface area contributed by atoms with Crippen LogP contribution in [0.2, 0.25) is 0 Å². The first-order valence-corrected chi connectivity index (χ1v) is 9.09. The summed E-state index contributed by atoms with van der Waals surface area (Å²) in [5, 5.41) is 0. The minimum atomic E-state index is -4.67. The summed E-state index contributed by atoms with van der Waals surface area (Å²) in [5.74, 6) is -0.503. The highest BCUT2D eigenvalue weighted by atomic mass is 19.4. The van der Waals surface area contributed by atoms with E-state index in [4.69, 9.17) is 0 Å². The Morgan fingerprint density at radius 3 is 1.76 bits per heavy atom. The Balaban J connectivity index is 1.89. The molecule has 3 aromatic rings. The van der Waals surface area contributed by atoms with Crippen molar-refractivity contribution in [2.24, 2.45) is 4.99 Å². The summed E-state index contributed by atoms with van der Waals surface area (Å²) in [6, 6.07) is 23.8. The molecule has 0 fully saturated rings. The summed E-state index contributed by atoms with van der Waals surface area (Å²) < 4.78 is 41.9. The topological polar surface area (TPSA) is 32.7 Å². The van der Waals surface area contributed by atoms with E-state index in [0.29, 0.717) is 16.7 Å². The van der Waals surface area contributed by atoms with Crippen molar-refractivity contribution in [1.82, 2.24) is 4.90 Å². The fourth-order valence-electron chi connectivity index (χ4n) is 3.54. The minimum absolute atomic E-state index is 0.313. The molecule has 0 spiro atoms. The van der Waals surface area contributed by atoms with E-state index in [1.165, 1.54) is 4.90 Å². The molecule has 2 atom stereocenters. The van der Waals surface area contributed by atoms with Gasteiger partial charge in [-0.2, -0.15) is 13.2 Å². The van der Waals surface area contributed by atoms with Crippen LogP contribution in [0.3, 0.4) is 0 Å². The second-order valence-electron chi connectivity index (χ2n) is 6.69. The van der Waals surface area contributed by atoms with Crippen LogP contribution in [0.25, 0.3) is 0 Å². The molecule has 0 aromatic heterocycles. The zero-order valence-electron chi connectivity index (χ0n) is 15.3. The maximum atomic E-state index is 14.0. The normalized spacial score (nSPS) is 19.1. The number of nitrogens with zero attached hydrogens (tertiary/aromatic N) is 2. The largest absolute Gasteiger partial charge is 0.431 e. The smallest absolute Gasteiger partial charge is 0.300 e. The van der Waals surface area contributed by atoms with E-state index in [0.717, 1.165) is 0 Å². The van der Waals surface area contributed by atoms with Crippen molar-refractivity contribution < 1.29 is 18.0 Å². The van der Waals surface area contributed by atoms with Gasteiger partial charge in [0.2, 0.25) is 0 Å². The number of aliphatic imine (C=N–C) groups is 1. The number of hydrogen-bond donors (Lipinski definition) is 0. The molecular formula is C23H17F3N2O. The first-order valence-electron chi connectivity index (χ1n) is 9.09. The lowest BCUT2D eigenvalue weighted by Crippen LogP contribution is -2.39. The summed E-state index contributed by atoms with van der Waals surface area (Å²) in [5.41, 5.74) is 0.234. The third-order valence-corrected chi connectivity index (χ3v) is 4.82. The van der Waals surface area contributed by atoms with Crippen molar-refractivity contribution in [3.8, 4) is 0 Å². The number of carbonyl (C=O) groups is 1. The number of alkyl halides is 3. The Labute approximate surface area is 166 Å². The van der Waals surface area contributed by atoms with Gasteiger partial charge in [0.15, 0.2) is 6.17 Å². The van der Waals surface area contributed by atoms with Crippen LogP contribution < -0.4 is 0 Å². The molecule has 3 aromatic carbocycles. The van der Waals surface area contributed by atoms with Crippen LogP contribution in [0.1, 0.15) is 33.7 Å². The van der Waals surface area contributed by atoms with E-state index in [2.05, 4.69) is 4.99 Å². The zero-order chi connectivity index (χ0) is 20.4. The highest BCUT2D eigenvalue weighted by Crippen LogP contribution is 2.44. The lowest BCUT2D eigenvalue weighted by molar-refractivity contribution is -0.0620. The molecule has 146 valence electrons. The highest BCUT2D eigenvalue weighted by molar-refractivity contribution is 6.04. The van der Waals surface area contributed by atoms with Crippen molar-refractivity contribution in [1.29, 1.82) is 0 Å². The maximum absolute atomic E-state index is 14.0. The van der Waals surface area contributed by atoms with Gasteiger partial charge in [-0.15, -0.1) is 0 Å². The highest BCUT2D eigenvalue weighted by Gasteiger charge is 2.51. The molecule has 2 unspecified atom stereocenters. The fraction of sp³-hybridized carbons (Fsp3) is 0.130. The van der Waals surface area contributed by atoms with E-state index in [-0.39, 0.29) is 0 Å². The van der Waals surface area contributed by atoms with E-state index < -0.39 is 30.0 Å². The molecule has 0 radical (unpaired) electrons. The molecule has 0 saturated heterocycles. The Morgan fingerprint density at radius 2 is 1.24 bits per heavy atom. The molecule has 0 N–H and O–H groups in total. The van der Waals surface area contributed by atoms with E-state index in [1.807, 2.05) is 0 Å². The van der Waals surface area contributed by atoms with Gasteiger partial charge < -0.3 is 0 Å². The van der Waals surface area contributed by atoms with Crippen LogP contribution in [0.4, 0.5) is 13.2 Å². The molecule has 0 saturated carbocycles. The quantitative estimate of drug-likeness (QED) is 0.570. The molecule has 6 heteroatoms. The van der Waals surface area contributed by atoms with E-state index in [9.17, 15) is 18.0 Å². The lowest BCUT2D eigenvalue weighted by Gasteiger charge is -2.31. The van der Waals surface area contributed by atoms with Gasteiger partial charge in [0, 0.05) is 5.56 Å². The number of benzene rings is 3. The van der Waals surface area contributed by atoms with Crippen LogP contribution in [0.15, 0.2) is 96.0 Å². The molecule has 1 aliphatic heterocycles. The molecule has 1 amide bonds. The SMILES string of the molecule is O=C(c1ccccc1)N1C(c2ccccc2)N=C(C(F)(F)F)C1c1ccccc1. The van der Waals surface area contributed by atoms with Crippen LogP contribution in [0, 0.1) is 0 Å². The van der Waals surface area contributed by atoms with Crippen LogP contribution in [0.5, 0.6) is 0 Å². The van der Waals surface area contributed by atoms with E-state index in [1.54, 1.807) is 91.0 Å². The van der Waals surface area contributed by atoms with Crippen molar-refractivity contribution in [3.63, 3.8) is 0 Å². The van der Waals surface area contributed by atoms with Crippen LogP contribution in [-0.4, -0.2) is 22.7 Å². The Bertz CT molecular complexity index is 1020. The standard InChI is InChI=1S/C23H17F3N2O/c24-23(25,26)20-19(16-10-4-1-5-11-16)28(22(29)18-14-8-3-9-15-18)21(27-20)17-12-6-2-7-13-17/h1-15,19,21H. The molecule has 29 heavy (non-hydrogen) atoms.